The maximum absolute atomic E-state index is 12.7. The molecule has 0 bridgehead atoms. The highest BCUT2D eigenvalue weighted by molar-refractivity contribution is 6.31. The number of halogens is 4. The van der Waals surface area contributed by atoms with Gasteiger partial charge >= 0.3 is 12.1 Å². The van der Waals surface area contributed by atoms with Gasteiger partial charge in [-0.2, -0.15) is 13.2 Å². The van der Waals surface area contributed by atoms with E-state index in [2.05, 4.69) is 4.74 Å². The molecule has 2 nitrogen and oxygen atoms in total. The summed E-state index contributed by atoms with van der Waals surface area (Å²) in [6.07, 6.45) is -5.02. The van der Waals surface area contributed by atoms with E-state index in [1.807, 2.05) is 0 Å². The van der Waals surface area contributed by atoms with E-state index < -0.39 is 24.1 Å². The van der Waals surface area contributed by atoms with Crippen LogP contribution in [0.3, 0.4) is 0 Å². The van der Waals surface area contributed by atoms with Crippen LogP contribution in [0.4, 0.5) is 13.2 Å². The smallest absolute Gasteiger partial charge is 0.416 e. The van der Waals surface area contributed by atoms with Crippen LogP contribution in [0.2, 0.25) is 5.02 Å². The van der Waals surface area contributed by atoms with E-state index in [1.165, 1.54) is 12.1 Å². The van der Waals surface area contributed by atoms with Crippen molar-refractivity contribution in [1.82, 2.24) is 0 Å². The van der Waals surface area contributed by atoms with Crippen LogP contribution in [0.15, 0.2) is 18.2 Å². The van der Waals surface area contributed by atoms with Crippen molar-refractivity contribution in [2.45, 2.75) is 19.5 Å². The highest BCUT2D eigenvalue weighted by Gasteiger charge is 2.34. The topological polar surface area (TPSA) is 26.3 Å². The van der Waals surface area contributed by atoms with E-state index in [4.69, 9.17) is 11.6 Å². The second-order valence-electron chi connectivity index (χ2n) is 3.25. The first-order valence-electron chi connectivity index (χ1n) is 4.86. The standard InChI is InChI=1S/C11H10ClF3O2/c1-2-17-10(16)6-7-8(11(13,14)15)4-3-5-9(7)12/h3-5H,2,6H2,1H3. The maximum Gasteiger partial charge on any atom is 0.416 e. The molecule has 0 spiro atoms. The fourth-order valence-electron chi connectivity index (χ4n) is 1.36. The van der Waals surface area contributed by atoms with Crippen LogP contribution in [0, 0.1) is 0 Å². The lowest BCUT2D eigenvalue weighted by atomic mass is 10.0. The maximum atomic E-state index is 12.7. The average molecular weight is 267 g/mol. The molecule has 0 amide bonds. The fraction of sp³-hybridized carbons (Fsp3) is 0.364. The highest BCUT2D eigenvalue weighted by atomic mass is 35.5. The first-order chi connectivity index (χ1) is 7.86. The Balaban J connectivity index is 3.09. The Morgan fingerprint density at radius 3 is 2.59 bits per heavy atom. The summed E-state index contributed by atoms with van der Waals surface area (Å²) in [6.45, 7) is 1.69. The summed E-state index contributed by atoms with van der Waals surface area (Å²) in [7, 11) is 0. The number of hydrogen-bond acceptors (Lipinski definition) is 2. The van der Waals surface area contributed by atoms with E-state index in [0.29, 0.717) is 0 Å². The fourth-order valence-corrected chi connectivity index (χ4v) is 1.60. The Kier molecular flexibility index (Phi) is 4.40. The monoisotopic (exact) mass is 266 g/mol. The summed E-state index contributed by atoms with van der Waals surface area (Å²) in [6, 6.07) is 3.39. The van der Waals surface area contributed by atoms with Crippen LogP contribution in [-0.4, -0.2) is 12.6 Å². The zero-order chi connectivity index (χ0) is 13.1. The molecule has 0 radical (unpaired) electrons. The summed E-state index contributed by atoms with van der Waals surface area (Å²) < 4.78 is 42.6. The minimum Gasteiger partial charge on any atom is -0.466 e. The summed E-state index contributed by atoms with van der Waals surface area (Å²) in [4.78, 5) is 11.2. The Bertz CT molecular complexity index is 416. The molecule has 0 N–H and O–H groups in total. The molecule has 0 fully saturated rings. The largest absolute Gasteiger partial charge is 0.466 e. The van der Waals surface area contributed by atoms with Gasteiger partial charge in [-0.15, -0.1) is 0 Å². The molecule has 6 heteroatoms. The van der Waals surface area contributed by atoms with Crippen LogP contribution < -0.4 is 0 Å². The van der Waals surface area contributed by atoms with Crippen molar-refractivity contribution < 1.29 is 22.7 Å². The second kappa shape index (κ2) is 5.40. The number of hydrogen-bond donors (Lipinski definition) is 0. The molecule has 17 heavy (non-hydrogen) atoms. The molecule has 0 heterocycles. The van der Waals surface area contributed by atoms with Gasteiger partial charge in [0.15, 0.2) is 0 Å². The van der Waals surface area contributed by atoms with Crippen molar-refractivity contribution in [3.63, 3.8) is 0 Å². The highest BCUT2D eigenvalue weighted by Crippen LogP contribution is 2.35. The Morgan fingerprint density at radius 2 is 2.06 bits per heavy atom. The molecule has 1 aromatic carbocycles. The van der Waals surface area contributed by atoms with Crippen molar-refractivity contribution in [3.8, 4) is 0 Å². The molecule has 0 aliphatic rings. The molecule has 0 aliphatic heterocycles. The van der Waals surface area contributed by atoms with Crippen LogP contribution in [0.25, 0.3) is 0 Å². The number of carbonyl (C=O) groups is 1. The SMILES string of the molecule is CCOC(=O)Cc1c(Cl)cccc1C(F)(F)F. The Labute approximate surface area is 101 Å². The molecular weight excluding hydrogens is 257 g/mol. The van der Waals surface area contributed by atoms with E-state index in [-0.39, 0.29) is 17.2 Å². The summed E-state index contributed by atoms with van der Waals surface area (Å²) in [5.74, 6) is -0.730. The van der Waals surface area contributed by atoms with Gasteiger partial charge in [-0.3, -0.25) is 4.79 Å². The van der Waals surface area contributed by atoms with Gasteiger partial charge in [-0.1, -0.05) is 17.7 Å². The first-order valence-corrected chi connectivity index (χ1v) is 5.24. The molecule has 0 saturated carbocycles. The number of alkyl halides is 3. The summed E-state index contributed by atoms with van der Waals surface area (Å²) in [5, 5.41) is -0.0899. The molecule has 0 aromatic heterocycles. The van der Waals surface area contributed by atoms with Gasteiger partial charge in [0.05, 0.1) is 18.6 Å². The first kappa shape index (κ1) is 13.8. The Morgan fingerprint density at radius 1 is 1.41 bits per heavy atom. The van der Waals surface area contributed by atoms with E-state index in [1.54, 1.807) is 6.92 Å². The molecule has 1 aromatic rings. The third kappa shape index (κ3) is 3.63. The predicted molar refractivity (Wildman–Crippen MR) is 56.8 cm³/mol. The molecular formula is C11H10ClF3O2. The third-order valence-electron chi connectivity index (χ3n) is 2.05. The minimum absolute atomic E-state index is 0.0899. The zero-order valence-electron chi connectivity index (χ0n) is 8.97. The van der Waals surface area contributed by atoms with Crippen LogP contribution in [-0.2, 0) is 22.1 Å². The van der Waals surface area contributed by atoms with Crippen LogP contribution >= 0.6 is 11.6 Å². The van der Waals surface area contributed by atoms with Gasteiger partial charge in [0.2, 0.25) is 0 Å². The van der Waals surface area contributed by atoms with Crippen molar-refractivity contribution in [2.24, 2.45) is 0 Å². The van der Waals surface area contributed by atoms with Crippen molar-refractivity contribution in [3.05, 3.63) is 34.3 Å². The minimum atomic E-state index is -4.53. The van der Waals surface area contributed by atoms with E-state index in [0.717, 1.165) is 6.07 Å². The lowest BCUT2D eigenvalue weighted by Gasteiger charge is -2.13. The normalized spacial score (nSPS) is 11.4. The van der Waals surface area contributed by atoms with Crippen molar-refractivity contribution >= 4 is 17.6 Å². The van der Waals surface area contributed by atoms with Gasteiger partial charge in [-0.05, 0) is 24.6 Å². The molecule has 0 aliphatic carbocycles. The quantitative estimate of drug-likeness (QED) is 0.783. The number of benzene rings is 1. The van der Waals surface area contributed by atoms with Gasteiger partial charge in [0, 0.05) is 5.02 Å². The molecule has 94 valence electrons. The summed E-state index contributed by atoms with van der Waals surface area (Å²) >= 11 is 5.67. The summed E-state index contributed by atoms with van der Waals surface area (Å²) in [5.41, 5.74) is -1.15. The second-order valence-corrected chi connectivity index (χ2v) is 3.65. The lowest BCUT2D eigenvalue weighted by Crippen LogP contribution is -2.14. The molecule has 1 rings (SSSR count). The van der Waals surface area contributed by atoms with Gasteiger partial charge < -0.3 is 4.74 Å². The lowest BCUT2D eigenvalue weighted by molar-refractivity contribution is -0.143. The van der Waals surface area contributed by atoms with Gasteiger partial charge in [-0.25, -0.2) is 0 Å². The van der Waals surface area contributed by atoms with Crippen molar-refractivity contribution in [2.75, 3.05) is 6.61 Å². The number of carbonyl (C=O) groups excluding carboxylic acids is 1. The van der Waals surface area contributed by atoms with Crippen molar-refractivity contribution in [1.29, 1.82) is 0 Å². The van der Waals surface area contributed by atoms with Gasteiger partial charge in [0.25, 0.3) is 0 Å². The molecule has 0 atom stereocenters. The van der Waals surface area contributed by atoms with Crippen LogP contribution in [0.1, 0.15) is 18.1 Å². The number of ether oxygens (including phenoxy) is 1. The molecule has 0 unspecified atom stereocenters. The Hall–Kier alpha value is -1.23. The van der Waals surface area contributed by atoms with Crippen LogP contribution in [0.5, 0.6) is 0 Å². The molecule has 0 saturated heterocycles. The predicted octanol–water partition coefficient (Wildman–Crippen LogP) is 3.46. The van der Waals surface area contributed by atoms with Gasteiger partial charge in [0.1, 0.15) is 0 Å². The zero-order valence-corrected chi connectivity index (χ0v) is 9.73. The average Bonchev–Trinajstić information content (AvgIpc) is 2.19. The third-order valence-corrected chi connectivity index (χ3v) is 2.40. The van der Waals surface area contributed by atoms with E-state index in [9.17, 15) is 18.0 Å². The number of esters is 1. The van der Waals surface area contributed by atoms with E-state index >= 15 is 0 Å². The number of rotatable bonds is 3.